The van der Waals surface area contributed by atoms with Crippen molar-refractivity contribution >= 4 is 59.9 Å². The van der Waals surface area contributed by atoms with Gasteiger partial charge in [-0.25, -0.2) is 9.97 Å². The van der Waals surface area contributed by atoms with Gasteiger partial charge in [-0.3, -0.25) is 0 Å². The summed E-state index contributed by atoms with van der Waals surface area (Å²) in [7, 11) is 0. The summed E-state index contributed by atoms with van der Waals surface area (Å²) in [6.07, 6.45) is 6.03. The minimum atomic E-state index is -0.000688. The number of aromatic hydroxyl groups is 1. The van der Waals surface area contributed by atoms with E-state index in [-0.39, 0.29) is 5.88 Å². The maximum Gasteiger partial charge on any atom is 0.218 e. The number of hydrogen-bond acceptors (Lipinski definition) is 6. The summed E-state index contributed by atoms with van der Waals surface area (Å²) in [5.41, 5.74) is 2.85. The highest BCUT2D eigenvalue weighted by Crippen LogP contribution is 2.46. The number of thiophene rings is 1. The number of hydrogen-bond donors (Lipinski definition) is 2. The van der Waals surface area contributed by atoms with Crippen molar-refractivity contribution in [3.05, 3.63) is 39.4 Å². The molecular weight excluding hydrogens is 474 g/mol. The van der Waals surface area contributed by atoms with Gasteiger partial charge in [-0.1, -0.05) is 43.1 Å². The summed E-state index contributed by atoms with van der Waals surface area (Å²) in [6, 6.07) is 5.73. The van der Waals surface area contributed by atoms with Crippen LogP contribution in [0.5, 0.6) is 5.88 Å². The molecule has 8 heteroatoms. The highest BCUT2D eigenvalue weighted by molar-refractivity contribution is 9.10. The average Bonchev–Trinajstić information content (AvgIpc) is 3.28. The van der Waals surface area contributed by atoms with Crippen LogP contribution in [0.15, 0.2) is 39.2 Å². The lowest BCUT2D eigenvalue weighted by molar-refractivity contribution is 0.184. The number of benzene rings is 1. The topological polar surface area (TPSA) is 86.5 Å². The number of halogens is 1. The molecule has 2 N–H and O–H groups in total. The van der Waals surface area contributed by atoms with Gasteiger partial charge in [0.25, 0.3) is 0 Å². The van der Waals surface area contributed by atoms with Gasteiger partial charge in [0.1, 0.15) is 11.2 Å². The standard InChI is InChI=1S/C23H24BrN5OS/c1-4-23(2,3)12-5-8-17-15(9-12)18-20(25-11-26-22(18)31-17)29-28-19-14-10-13(24)6-7-16(14)27-21(19)30/h6-7,10-12,27,30H,4-5,8-9H2,1-3H3. The van der Waals surface area contributed by atoms with Crippen LogP contribution in [0.1, 0.15) is 44.1 Å². The Hall–Kier alpha value is -2.32. The Morgan fingerprint density at radius 3 is 2.94 bits per heavy atom. The van der Waals surface area contributed by atoms with Crippen LogP contribution in [0.4, 0.5) is 11.5 Å². The normalized spacial score (nSPS) is 17.1. The van der Waals surface area contributed by atoms with Crippen LogP contribution >= 0.6 is 27.3 Å². The molecular formula is C23H24BrN5OS. The summed E-state index contributed by atoms with van der Waals surface area (Å²) in [6.45, 7) is 7.01. The molecule has 1 unspecified atom stereocenters. The van der Waals surface area contributed by atoms with Crippen LogP contribution in [-0.4, -0.2) is 20.1 Å². The lowest BCUT2D eigenvalue weighted by atomic mass is 9.69. The molecule has 1 aliphatic rings. The fraction of sp³-hybridized carbons (Fsp3) is 0.391. The smallest absolute Gasteiger partial charge is 0.218 e. The molecule has 1 aromatic carbocycles. The van der Waals surface area contributed by atoms with E-state index in [0.29, 0.717) is 22.8 Å². The first-order valence-corrected chi connectivity index (χ1v) is 12.2. The van der Waals surface area contributed by atoms with Gasteiger partial charge in [-0.15, -0.1) is 21.6 Å². The van der Waals surface area contributed by atoms with Crippen molar-refractivity contribution < 1.29 is 5.11 Å². The highest BCUT2D eigenvalue weighted by Gasteiger charge is 2.33. The van der Waals surface area contributed by atoms with Gasteiger partial charge >= 0.3 is 0 Å². The van der Waals surface area contributed by atoms with Gasteiger partial charge in [-0.05, 0) is 54.4 Å². The Morgan fingerprint density at radius 1 is 1.29 bits per heavy atom. The quantitative estimate of drug-likeness (QED) is 0.284. The molecule has 6 nitrogen and oxygen atoms in total. The third-order valence-electron chi connectivity index (χ3n) is 6.80. The number of azo groups is 1. The molecule has 0 amide bonds. The fourth-order valence-corrected chi connectivity index (χ4v) is 6.00. The highest BCUT2D eigenvalue weighted by atomic mass is 79.9. The van der Waals surface area contributed by atoms with Gasteiger partial charge in [0.15, 0.2) is 11.5 Å². The molecule has 3 aromatic heterocycles. The first kappa shape index (κ1) is 20.6. The number of aryl methyl sites for hydroxylation is 1. The zero-order chi connectivity index (χ0) is 21.8. The summed E-state index contributed by atoms with van der Waals surface area (Å²) in [4.78, 5) is 14.3. The third-order valence-corrected chi connectivity index (χ3v) is 8.49. The van der Waals surface area contributed by atoms with E-state index >= 15 is 0 Å². The number of aromatic nitrogens is 3. The number of rotatable bonds is 4. The Morgan fingerprint density at radius 2 is 2.13 bits per heavy atom. The van der Waals surface area contributed by atoms with Crippen LogP contribution in [0.25, 0.3) is 21.1 Å². The molecule has 0 saturated carbocycles. The van der Waals surface area contributed by atoms with Gasteiger partial charge in [0.2, 0.25) is 5.88 Å². The zero-order valence-electron chi connectivity index (χ0n) is 17.7. The van der Waals surface area contributed by atoms with Gasteiger partial charge < -0.3 is 10.1 Å². The molecule has 1 atom stereocenters. The molecule has 0 spiro atoms. The summed E-state index contributed by atoms with van der Waals surface area (Å²) in [5.74, 6) is 1.20. The van der Waals surface area contributed by atoms with Crippen LogP contribution in [-0.2, 0) is 12.8 Å². The van der Waals surface area contributed by atoms with Crippen molar-refractivity contribution in [1.82, 2.24) is 15.0 Å². The predicted octanol–water partition coefficient (Wildman–Crippen LogP) is 7.60. The first-order valence-electron chi connectivity index (χ1n) is 10.5. The number of H-pyrrole nitrogens is 1. The minimum absolute atomic E-state index is 0.000688. The molecule has 5 rings (SSSR count). The Labute approximate surface area is 193 Å². The van der Waals surface area contributed by atoms with Gasteiger partial charge in [0.05, 0.1) is 10.9 Å². The Kier molecular flexibility index (Phi) is 5.09. The second-order valence-corrected chi connectivity index (χ2v) is 10.9. The Balaban J connectivity index is 1.59. The lowest BCUT2D eigenvalue weighted by Crippen LogP contribution is -2.28. The predicted molar refractivity (Wildman–Crippen MR) is 129 cm³/mol. The van der Waals surface area contributed by atoms with E-state index in [2.05, 4.69) is 61.9 Å². The molecule has 0 aliphatic heterocycles. The van der Waals surface area contributed by atoms with Crippen molar-refractivity contribution in [3.8, 4) is 5.88 Å². The van der Waals surface area contributed by atoms with Gasteiger partial charge in [-0.2, -0.15) is 0 Å². The molecule has 31 heavy (non-hydrogen) atoms. The summed E-state index contributed by atoms with van der Waals surface area (Å²) in [5, 5.41) is 21.1. The second-order valence-electron chi connectivity index (χ2n) is 8.88. The lowest BCUT2D eigenvalue weighted by Gasteiger charge is -2.36. The largest absolute Gasteiger partial charge is 0.493 e. The van der Waals surface area contributed by atoms with Crippen LogP contribution in [0.3, 0.4) is 0 Å². The Bertz CT molecular complexity index is 1320. The number of fused-ring (bicyclic) bond motifs is 4. The van der Waals surface area contributed by atoms with E-state index in [1.165, 1.54) is 16.9 Å². The molecule has 0 saturated heterocycles. The minimum Gasteiger partial charge on any atom is -0.493 e. The van der Waals surface area contributed by atoms with Crippen molar-refractivity contribution in [2.24, 2.45) is 21.6 Å². The number of nitrogens with one attached hydrogen (secondary N) is 1. The first-order chi connectivity index (χ1) is 14.9. The van der Waals surface area contributed by atoms with Crippen LogP contribution in [0, 0.1) is 11.3 Å². The van der Waals surface area contributed by atoms with Crippen molar-refractivity contribution in [2.75, 3.05) is 0 Å². The summed E-state index contributed by atoms with van der Waals surface area (Å²) < 4.78 is 0.913. The molecule has 160 valence electrons. The van der Waals surface area contributed by atoms with Crippen molar-refractivity contribution in [3.63, 3.8) is 0 Å². The van der Waals surface area contributed by atoms with E-state index in [4.69, 9.17) is 0 Å². The zero-order valence-corrected chi connectivity index (χ0v) is 20.1. The average molecular weight is 498 g/mol. The second kappa shape index (κ2) is 7.67. The monoisotopic (exact) mass is 497 g/mol. The van der Waals surface area contributed by atoms with Crippen molar-refractivity contribution in [2.45, 2.75) is 46.5 Å². The number of nitrogens with zero attached hydrogens (tertiary/aromatic N) is 4. The van der Waals surface area contributed by atoms with Gasteiger partial charge in [0, 0.05) is 14.7 Å². The van der Waals surface area contributed by atoms with E-state index in [1.807, 2.05) is 18.2 Å². The molecule has 3 heterocycles. The van der Waals surface area contributed by atoms with Crippen LogP contribution in [0.2, 0.25) is 0 Å². The molecule has 0 fully saturated rings. The van der Waals surface area contributed by atoms with E-state index in [1.54, 1.807) is 17.7 Å². The number of aromatic amines is 1. The molecule has 0 radical (unpaired) electrons. The molecule has 4 aromatic rings. The molecule has 1 aliphatic carbocycles. The maximum absolute atomic E-state index is 10.4. The van der Waals surface area contributed by atoms with Crippen molar-refractivity contribution in [1.29, 1.82) is 0 Å². The SMILES string of the molecule is CCC(C)(C)C1CCc2sc3ncnc(N=Nc4c(O)[nH]c5ccc(Br)cc45)c3c2C1. The third kappa shape index (κ3) is 3.55. The van der Waals surface area contributed by atoms with E-state index < -0.39 is 0 Å². The summed E-state index contributed by atoms with van der Waals surface area (Å²) >= 11 is 5.23. The van der Waals surface area contributed by atoms with E-state index in [0.717, 1.165) is 44.9 Å². The van der Waals surface area contributed by atoms with Crippen LogP contribution < -0.4 is 0 Å². The maximum atomic E-state index is 10.4. The fourth-order valence-electron chi connectivity index (χ4n) is 4.46. The molecule has 0 bridgehead atoms. The van der Waals surface area contributed by atoms with E-state index in [9.17, 15) is 5.11 Å².